The average molecular weight is 299 g/mol. The molecule has 0 aliphatic carbocycles. The fourth-order valence-corrected chi connectivity index (χ4v) is 2.45. The number of likely N-dealkylation sites (tertiary alicyclic amines) is 1. The summed E-state index contributed by atoms with van der Waals surface area (Å²) >= 11 is 5.99. The first-order valence-corrected chi connectivity index (χ1v) is 7.28. The first-order valence-electron chi connectivity index (χ1n) is 6.90. The van der Waals surface area contributed by atoms with Gasteiger partial charge in [0.2, 0.25) is 5.91 Å². The quantitative estimate of drug-likeness (QED) is 0.911. The zero-order chi connectivity index (χ0) is 14.5. The van der Waals surface area contributed by atoms with E-state index in [0.29, 0.717) is 12.2 Å². The molecule has 1 aromatic heterocycles. The topological polar surface area (TPSA) is 67.2 Å². The van der Waals surface area contributed by atoms with Crippen molar-refractivity contribution in [2.45, 2.75) is 32.7 Å². The van der Waals surface area contributed by atoms with E-state index in [1.807, 2.05) is 11.8 Å². The molecule has 1 N–H and O–H groups in total. The van der Waals surface area contributed by atoms with Crippen LogP contribution >= 0.6 is 11.6 Å². The Bertz CT molecular complexity index is 538. The van der Waals surface area contributed by atoms with Gasteiger partial charge in [-0.3, -0.25) is 9.59 Å². The number of hydrogen-bond acceptors (Lipinski definition) is 4. The molecule has 0 atom stereocenters. The van der Waals surface area contributed by atoms with Crippen molar-refractivity contribution in [3.8, 4) is 0 Å². The van der Waals surface area contributed by atoms with E-state index in [-0.39, 0.29) is 23.0 Å². The molecule has 0 unspecified atom stereocenters. The minimum absolute atomic E-state index is 0.0282. The van der Waals surface area contributed by atoms with Crippen LogP contribution in [0.4, 0.5) is 5.69 Å². The van der Waals surface area contributed by atoms with Crippen molar-refractivity contribution in [2.75, 3.05) is 25.0 Å². The van der Waals surface area contributed by atoms with Crippen LogP contribution in [-0.4, -0.2) is 40.2 Å². The van der Waals surface area contributed by atoms with Crippen LogP contribution in [0.1, 0.15) is 26.2 Å². The van der Waals surface area contributed by atoms with Gasteiger partial charge in [0.25, 0.3) is 5.56 Å². The molecule has 0 saturated carbocycles. The lowest BCUT2D eigenvalue weighted by Gasteiger charge is -2.26. The van der Waals surface area contributed by atoms with Crippen LogP contribution in [-0.2, 0) is 11.3 Å². The molecule has 2 rings (SSSR count). The van der Waals surface area contributed by atoms with E-state index >= 15 is 0 Å². The Kier molecular flexibility index (Phi) is 5.00. The molecule has 7 heteroatoms. The fraction of sp³-hybridized carbons (Fsp3) is 0.615. The van der Waals surface area contributed by atoms with E-state index in [1.165, 1.54) is 17.3 Å². The summed E-state index contributed by atoms with van der Waals surface area (Å²) in [6.45, 7) is 4.04. The van der Waals surface area contributed by atoms with E-state index in [2.05, 4.69) is 10.4 Å². The van der Waals surface area contributed by atoms with Gasteiger partial charge in [-0.1, -0.05) is 11.6 Å². The molecule has 1 aliphatic heterocycles. The molecule has 110 valence electrons. The third-order valence-corrected chi connectivity index (χ3v) is 3.79. The van der Waals surface area contributed by atoms with Gasteiger partial charge in [0, 0.05) is 19.6 Å². The second-order valence-electron chi connectivity index (χ2n) is 4.79. The summed E-state index contributed by atoms with van der Waals surface area (Å²) in [5.41, 5.74) is 0.0660. The van der Waals surface area contributed by atoms with Crippen LogP contribution in [0.15, 0.2) is 11.0 Å². The molecule has 0 radical (unpaired) electrons. The summed E-state index contributed by atoms with van der Waals surface area (Å²) < 4.78 is 1.28. The summed E-state index contributed by atoms with van der Waals surface area (Å²) in [6.07, 6.45) is 4.78. The van der Waals surface area contributed by atoms with Gasteiger partial charge in [0.1, 0.15) is 5.02 Å². The summed E-state index contributed by atoms with van der Waals surface area (Å²) in [5, 5.41) is 6.96. The summed E-state index contributed by atoms with van der Waals surface area (Å²) in [6, 6.07) is 0. The number of rotatable bonds is 4. The average Bonchev–Trinajstić information content (AvgIpc) is 2.49. The summed E-state index contributed by atoms with van der Waals surface area (Å²) in [7, 11) is 0. The molecule has 1 saturated heterocycles. The Labute approximate surface area is 122 Å². The number of carbonyl (C=O) groups is 1. The number of aromatic nitrogens is 2. The van der Waals surface area contributed by atoms with E-state index in [9.17, 15) is 9.59 Å². The van der Waals surface area contributed by atoms with Crippen LogP contribution in [0, 0.1) is 0 Å². The van der Waals surface area contributed by atoms with Crippen LogP contribution in [0.3, 0.4) is 0 Å². The highest BCUT2D eigenvalue weighted by Gasteiger charge is 2.17. The maximum atomic E-state index is 12.0. The van der Waals surface area contributed by atoms with Crippen LogP contribution in [0.5, 0.6) is 0 Å². The van der Waals surface area contributed by atoms with Gasteiger partial charge in [-0.2, -0.15) is 5.10 Å². The van der Waals surface area contributed by atoms with Crippen LogP contribution in [0.25, 0.3) is 0 Å². The maximum Gasteiger partial charge on any atom is 0.287 e. The number of hydrogen-bond donors (Lipinski definition) is 1. The SMILES string of the molecule is CCn1ncc(NCC(=O)N2CCCCC2)c(Cl)c1=O. The maximum absolute atomic E-state index is 12.0. The smallest absolute Gasteiger partial charge is 0.287 e. The van der Waals surface area contributed by atoms with Crippen molar-refractivity contribution in [3.63, 3.8) is 0 Å². The van der Waals surface area contributed by atoms with Crippen molar-refractivity contribution in [1.82, 2.24) is 14.7 Å². The van der Waals surface area contributed by atoms with E-state index in [0.717, 1.165) is 25.9 Å². The first-order chi connectivity index (χ1) is 9.63. The standard InChI is InChI=1S/C13H19ClN4O2/c1-2-18-13(20)12(14)10(8-16-18)15-9-11(19)17-6-4-3-5-7-17/h8,15H,2-7,9H2,1H3. The Morgan fingerprint density at radius 1 is 1.40 bits per heavy atom. The molecule has 0 spiro atoms. The Morgan fingerprint density at radius 2 is 2.10 bits per heavy atom. The Balaban J connectivity index is 1.98. The largest absolute Gasteiger partial charge is 0.373 e. The number of nitrogens with zero attached hydrogens (tertiary/aromatic N) is 3. The number of halogens is 1. The number of anilines is 1. The highest BCUT2D eigenvalue weighted by molar-refractivity contribution is 6.33. The number of piperidine rings is 1. The van der Waals surface area contributed by atoms with Crippen molar-refractivity contribution in [2.24, 2.45) is 0 Å². The lowest BCUT2D eigenvalue weighted by atomic mass is 10.1. The number of carbonyl (C=O) groups excluding carboxylic acids is 1. The van der Waals surface area contributed by atoms with E-state index in [4.69, 9.17) is 11.6 Å². The van der Waals surface area contributed by atoms with Crippen molar-refractivity contribution in [1.29, 1.82) is 0 Å². The zero-order valence-electron chi connectivity index (χ0n) is 11.6. The molecule has 2 heterocycles. The molecule has 0 bridgehead atoms. The van der Waals surface area contributed by atoms with Gasteiger partial charge in [0.05, 0.1) is 18.4 Å². The lowest BCUT2D eigenvalue weighted by molar-refractivity contribution is -0.130. The highest BCUT2D eigenvalue weighted by atomic mass is 35.5. The summed E-state index contributed by atoms with van der Waals surface area (Å²) in [4.78, 5) is 25.6. The molecular formula is C13H19ClN4O2. The Morgan fingerprint density at radius 3 is 2.75 bits per heavy atom. The van der Waals surface area contributed by atoms with Crippen molar-refractivity contribution >= 4 is 23.2 Å². The number of amides is 1. The van der Waals surface area contributed by atoms with Crippen molar-refractivity contribution < 1.29 is 4.79 Å². The van der Waals surface area contributed by atoms with Gasteiger partial charge >= 0.3 is 0 Å². The molecule has 1 amide bonds. The normalized spacial score (nSPS) is 15.2. The fourth-order valence-electron chi connectivity index (χ4n) is 2.24. The van der Waals surface area contributed by atoms with E-state index < -0.39 is 0 Å². The summed E-state index contributed by atoms with van der Waals surface area (Å²) in [5.74, 6) is 0.0282. The predicted octanol–water partition coefficient (Wildman–Crippen LogP) is 1.34. The monoisotopic (exact) mass is 298 g/mol. The van der Waals surface area contributed by atoms with E-state index in [1.54, 1.807) is 0 Å². The molecule has 0 aromatic carbocycles. The minimum atomic E-state index is -0.343. The predicted molar refractivity (Wildman–Crippen MR) is 78.1 cm³/mol. The van der Waals surface area contributed by atoms with Gasteiger partial charge in [-0.15, -0.1) is 0 Å². The van der Waals surface area contributed by atoms with Crippen LogP contribution in [0.2, 0.25) is 5.02 Å². The second kappa shape index (κ2) is 6.74. The first kappa shape index (κ1) is 14.8. The molecule has 6 nitrogen and oxygen atoms in total. The molecule has 1 aliphatic rings. The minimum Gasteiger partial charge on any atom is -0.373 e. The third kappa shape index (κ3) is 3.30. The molecule has 1 aromatic rings. The molecule has 20 heavy (non-hydrogen) atoms. The van der Waals surface area contributed by atoms with Gasteiger partial charge < -0.3 is 10.2 Å². The van der Waals surface area contributed by atoms with Gasteiger partial charge in [-0.25, -0.2) is 4.68 Å². The van der Waals surface area contributed by atoms with Gasteiger partial charge in [-0.05, 0) is 26.2 Å². The molecular weight excluding hydrogens is 280 g/mol. The Hall–Kier alpha value is -1.56. The zero-order valence-corrected chi connectivity index (χ0v) is 12.3. The second-order valence-corrected chi connectivity index (χ2v) is 5.17. The highest BCUT2D eigenvalue weighted by Crippen LogP contribution is 2.15. The van der Waals surface area contributed by atoms with Crippen LogP contribution < -0.4 is 10.9 Å². The third-order valence-electron chi connectivity index (χ3n) is 3.42. The molecule has 1 fully saturated rings. The number of nitrogens with one attached hydrogen (secondary N) is 1. The van der Waals surface area contributed by atoms with Gasteiger partial charge in [0.15, 0.2) is 0 Å². The van der Waals surface area contributed by atoms with Crippen molar-refractivity contribution in [3.05, 3.63) is 21.6 Å². The number of aryl methyl sites for hydroxylation is 1. The lowest BCUT2D eigenvalue weighted by Crippen LogP contribution is -2.39.